The molecular weight excluding hydrogens is 369 g/mol. The van der Waals surface area contributed by atoms with E-state index in [0.29, 0.717) is 16.6 Å². The molecule has 0 spiro atoms. The Morgan fingerprint density at radius 3 is 2.35 bits per heavy atom. The van der Waals surface area contributed by atoms with Gasteiger partial charge in [-0.2, -0.15) is 0 Å². The van der Waals surface area contributed by atoms with Crippen LogP contribution in [0.5, 0.6) is 0 Å². The zero-order valence-corrected chi connectivity index (χ0v) is 15.2. The van der Waals surface area contributed by atoms with Crippen molar-refractivity contribution in [1.82, 2.24) is 9.55 Å². The summed E-state index contributed by atoms with van der Waals surface area (Å²) in [6.07, 6.45) is 0. The number of H-pyrrole nitrogens is 1. The minimum atomic E-state index is -0.173. The first-order chi connectivity index (χ1) is 12.6. The normalized spacial score (nSPS) is 11.0. The SMILES string of the molecule is O=c1[nH]c2cc(Nc3ccccc3)ccc2n1Cc1cc(Cl)cc(Cl)c1. The molecule has 0 bridgehead atoms. The molecule has 0 radical (unpaired) electrons. The number of nitrogens with one attached hydrogen (secondary N) is 2. The fourth-order valence-corrected chi connectivity index (χ4v) is 3.54. The van der Waals surface area contributed by atoms with Crippen LogP contribution in [0.3, 0.4) is 0 Å². The average Bonchev–Trinajstić information content (AvgIpc) is 2.90. The van der Waals surface area contributed by atoms with Crippen LogP contribution in [0, 0.1) is 0 Å². The lowest BCUT2D eigenvalue weighted by Crippen LogP contribution is -2.17. The van der Waals surface area contributed by atoms with Gasteiger partial charge in [-0.25, -0.2) is 4.79 Å². The number of aromatic amines is 1. The van der Waals surface area contributed by atoms with Crippen LogP contribution in [0.1, 0.15) is 5.56 Å². The number of rotatable bonds is 4. The van der Waals surface area contributed by atoms with Crippen molar-refractivity contribution in [2.45, 2.75) is 6.54 Å². The van der Waals surface area contributed by atoms with Crippen molar-refractivity contribution in [2.75, 3.05) is 5.32 Å². The molecule has 4 nitrogen and oxygen atoms in total. The van der Waals surface area contributed by atoms with E-state index in [1.165, 1.54) is 0 Å². The van der Waals surface area contributed by atoms with E-state index in [2.05, 4.69) is 10.3 Å². The van der Waals surface area contributed by atoms with Crippen LogP contribution in [0.15, 0.2) is 71.5 Å². The van der Waals surface area contributed by atoms with Gasteiger partial charge in [0.1, 0.15) is 0 Å². The van der Waals surface area contributed by atoms with Crippen LogP contribution in [0.4, 0.5) is 11.4 Å². The summed E-state index contributed by atoms with van der Waals surface area (Å²) in [7, 11) is 0. The summed E-state index contributed by atoms with van der Waals surface area (Å²) < 4.78 is 1.67. The largest absolute Gasteiger partial charge is 0.355 e. The molecule has 1 aromatic heterocycles. The highest BCUT2D eigenvalue weighted by molar-refractivity contribution is 6.34. The summed E-state index contributed by atoms with van der Waals surface area (Å²) in [5.74, 6) is 0. The molecule has 0 aliphatic heterocycles. The van der Waals surface area contributed by atoms with Gasteiger partial charge in [0.25, 0.3) is 0 Å². The Morgan fingerprint density at radius 1 is 0.885 bits per heavy atom. The van der Waals surface area contributed by atoms with Gasteiger partial charge in [-0.3, -0.25) is 4.57 Å². The Balaban J connectivity index is 1.68. The molecule has 0 aliphatic rings. The van der Waals surface area contributed by atoms with E-state index in [0.717, 1.165) is 28.0 Å². The van der Waals surface area contributed by atoms with E-state index in [9.17, 15) is 4.79 Å². The topological polar surface area (TPSA) is 49.8 Å². The Kier molecular flexibility index (Phi) is 4.45. The van der Waals surface area contributed by atoms with Crippen molar-refractivity contribution in [1.29, 1.82) is 0 Å². The van der Waals surface area contributed by atoms with Crippen molar-refractivity contribution in [3.8, 4) is 0 Å². The van der Waals surface area contributed by atoms with Crippen molar-refractivity contribution in [3.05, 3.63) is 92.8 Å². The summed E-state index contributed by atoms with van der Waals surface area (Å²) in [4.78, 5) is 15.3. The first kappa shape index (κ1) is 16.8. The molecule has 0 saturated carbocycles. The van der Waals surface area contributed by atoms with Gasteiger partial charge < -0.3 is 10.3 Å². The summed E-state index contributed by atoms with van der Waals surface area (Å²) in [6.45, 7) is 0.393. The maximum Gasteiger partial charge on any atom is 0.326 e. The molecule has 6 heteroatoms. The van der Waals surface area contributed by atoms with Crippen LogP contribution in [0.25, 0.3) is 11.0 Å². The first-order valence-corrected chi connectivity index (χ1v) is 8.84. The standard InChI is InChI=1S/C20H15Cl2N3O/c21-14-8-13(9-15(22)10-14)12-25-19-7-6-17(11-18(19)24-20(25)26)23-16-4-2-1-3-5-16/h1-11,23H,12H2,(H,24,26). The number of anilines is 2. The number of halogens is 2. The minimum absolute atomic E-state index is 0.173. The Hall–Kier alpha value is -2.69. The predicted molar refractivity (Wildman–Crippen MR) is 108 cm³/mol. The molecule has 0 fully saturated rings. The second-order valence-corrected chi connectivity index (χ2v) is 6.89. The highest BCUT2D eigenvalue weighted by atomic mass is 35.5. The van der Waals surface area contributed by atoms with E-state index in [-0.39, 0.29) is 5.69 Å². The second kappa shape index (κ2) is 6.90. The summed E-state index contributed by atoms with van der Waals surface area (Å²) >= 11 is 12.1. The third kappa shape index (κ3) is 3.47. The first-order valence-electron chi connectivity index (χ1n) is 8.08. The third-order valence-electron chi connectivity index (χ3n) is 4.10. The number of fused-ring (bicyclic) bond motifs is 1. The van der Waals surface area contributed by atoms with Gasteiger partial charge >= 0.3 is 5.69 Å². The maximum atomic E-state index is 12.4. The number of hydrogen-bond acceptors (Lipinski definition) is 2. The van der Waals surface area contributed by atoms with Gasteiger partial charge in [0.15, 0.2) is 0 Å². The number of nitrogens with zero attached hydrogens (tertiary/aromatic N) is 1. The lowest BCUT2D eigenvalue weighted by atomic mass is 10.2. The molecule has 4 aromatic rings. The fraction of sp³-hybridized carbons (Fsp3) is 0.0500. The number of imidazole rings is 1. The van der Waals surface area contributed by atoms with E-state index >= 15 is 0 Å². The van der Waals surface area contributed by atoms with Gasteiger partial charge in [-0.15, -0.1) is 0 Å². The Morgan fingerprint density at radius 2 is 1.62 bits per heavy atom. The molecule has 0 atom stereocenters. The van der Waals surface area contributed by atoms with Crippen LogP contribution < -0.4 is 11.0 Å². The number of aromatic nitrogens is 2. The summed E-state index contributed by atoms with van der Waals surface area (Å²) in [6, 6.07) is 21.0. The van der Waals surface area contributed by atoms with Gasteiger partial charge in [-0.05, 0) is 54.1 Å². The van der Waals surface area contributed by atoms with Crippen molar-refractivity contribution in [3.63, 3.8) is 0 Å². The van der Waals surface area contributed by atoms with Crippen molar-refractivity contribution in [2.24, 2.45) is 0 Å². The quantitative estimate of drug-likeness (QED) is 0.493. The zero-order valence-electron chi connectivity index (χ0n) is 13.7. The average molecular weight is 384 g/mol. The molecule has 0 saturated heterocycles. The van der Waals surface area contributed by atoms with E-state index in [1.54, 1.807) is 10.6 Å². The highest BCUT2D eigenvalue weighted by Crippen LogP contribution is 2.23. The molecule has 0 amide bonds. The van der Waals surface area contributed by atoms with Gasteiger partial charge in [0.05, 0.1) is 17.6 Å². The van der Waals surface area contributed by atoms with Gasteiger partial charge in [0, 0.05) is 21.4 Å². The van der Waals surface area contributed by atoms with Crippen LogP contribution >= 0.6 is 23.2 Å². The van der Waals surface area contributed by atoms with Crippen LogP contribution in [-0.2, 0) is 6.54 Å². The van der Waals surface area contributed by atoms with E-state index in [4.69, 9.17) is 23.2 Å². The monoisotopic (exact) mass is 383 g/mol. The number of hydrogen-bond donors (Lipinski definition) is 2. The van der Waals surface area contributed by atoms with E-state index in [1.807, 2.05) is 60.7 Å². The lowest BCUT2D eigenvalue weighted by molar-refractivity contribution is 0.787. The maximum absolute atomic E-state index is 12.4. The highest BCUT2D eigenvalue weighted by Gasteiger charge is 2.09. The fourth-order valence-electron chi connectivity index (χ4n) is 2.97. The predicted octanol–water partition coefficient (Wildman–Crippen LogP) is 5.43. The van der Waals surface area contributed by atoms with E-state index < -0.39 is 0 Å². The van der Waals surface area contributed by atoms with Crippen molar-refractivity contribution >= 4 is 45.6 Å². The van der Waals surface area contributed by atoms with Gasteiger partial charge in [-0.1, -0.05) is 41.4 Å². The lowest BCUT2D eigenvalue weighted by Gasteiger charge is -2.08. The molecule has 0 unspecified atom stereocenters. The molecule has 0 aliphatic carbocycles. The number of benzene rings is 3. The van der Waals surface area contributed by atoms with Gasteiger partial charge in [0.2, 0.25) is 0 Å². The molecule has 2 N–H and O–H groups in total. The molecule has 3 aromatic carbocycles. The summed E-state index contributed by atoms with van der Waals surface area (Å²) in [5.41, 5.74) is 4.18. The Bertz CT molecular complexity index is 1110. The minimum Gasteiger partial charge on any atom is -0.355 e. The molecular formula is C20H15Cl2N3O. The Labute approximate surface area is 160 Å². The van der Waals surface area contributed by atoms with Crippen molar-refractivity contribution < 1.29 is 0 Å². The zero-order chi connectivity index (χ0) is 18.1. The van der Waals surface area contributed by atoms with Crippen LogP contribution in [0.2, 0.25) is 10.0 Å². The molecule has 26 heavy (non-hydrogen) atoms. The second-order valence-electron chi connectivity index (χ2n) is 6.02. The molecule has 130 valence electrons. The molecule has 1 heterocycles. The smallest absolute Gasteiger partial charge is 0.326 e. The summed E-state index contributed by atoms with van der Waals surface area (Å²) in [5, 5.41) is 4.42. The molecule has 4 rings (SSSR count). The third-order valence-corrected chi connectivity index (χ3v) is 4.54. The number of para-hydroxylation sites is 1. The van der Waals surface area contributed by atoms with Crippen LogP contribution in [-0.4, -0.2) is 9.55 Å².